The van der Waals surface area contributed by atoms with Gasteiger partial charge in [0.2, 0.25) is 5.91 Å². The molecule has 1 saturated heterocycles. The van der Waals surface area contributed by atoms with Gasteiger partial charge in [0.05, 0.1) is 13.2 Å². The zero-order valence-electron chi connectivity index (χ0n) is 15.2. The number of morpholine rings is 1. The van der Waals surface area contributed by atoms with Crippen molar-refractivity contribution in [2.45, 2.75) is 32.4 Å². The Hall–Kier alpha value is -0.850. The third-order valence-electron chi connectivity index (χ3n) is 4.60. The quantitative estimate of drug-likeness (QED) is 0.779. The fourth-order valence-corrected chi connectivity index (χ4v) is 2.99. The van der Waals surface area contributed by atoms with E-state index in [4.69, 9.17) is 10.5 Å². The standard InChI is InChI=1S/C18H29N3O2.2ClH/c1-14(2)16(21-9-11-23-12-10-21)13-20-17(22)18(3,19)15-7-5-4-6-8-15;;/h4-8,14,16H,9-13,19H2,1-3H3,(H,20,22);2*1H. The number of ether oxygens (including phenoxy) is 1. The first-order chi connectivity index (χ1) is 10.9. The van der Waals surface area contributed by atoms with Crippen LogP contribution in [0.4, 0.5) is 0 Å². The van der Waals surface area contributed by atoms with Gasteiger partial charge in [-0.05, 0) is 18.4 Å². The summed E-state index contributed by atoms with van der Waals surface area (Å²) in [5.41, 5.74) is 6.08. The topological polar surface area (TPSA) is 67.6 Å². The summed E-state index contributed by atoms with van der Waals surface area (Å²) in [7, 11) is 0. The Bertz CT molecular complexity index is 506. The van der Waals surface area contributed by atoms with E-state index >= 15 is 0 Å². The van der Waals surface area contributed by atoms with E-state index in [9.17, 15) is 4.79 Å². The summed E-state index contributed by atoms with van der Waals surface area (Å²) >= 11 is 0. The molecule has 0 aromatic heterocycles. The summed E-state index contributed by atoms with van der Waals surface area (Å²) < 4.78 is 5.42. The Labute approximate surface area is 163 Å². The molecule has 25 heavy (non-hydrogen) atoms. The number of hydrogen-bond donors (Lipinski definition) is 2. The lowest BCUT2D eigenvalue weighted by Gasteiger charge is -2.37. The van der Waals surface area contributed by atoms with Gasteiger partial charge in [0, 0.05) is 25.7 Å². The summed E-state index contributed by atoms with van der Waals surface area (Å²) in [4.78, 5) is 15.0. The molecule has 2 atom stereocenters. The number of carbonyl (C=O) groups is 1. The molecule has 7 heteroatoms. The predicted octanol–water partition coefficient (Wildman–Crippen LogP) is 2.18. The molecular formula is C18H31Cl2N3O2. The van der Waals surface area contributed by atoms with Gasteiger partial charge in [0.1, 0.15) is 5.54 Å². The molecule has 1 heterocycles. The predicted molar refractivity (Wildman–Crippen MR) is 107 cm³/mol. The van der Waals surface area contributed by atoms with Gasteiger partial charge in [-0.1, -0.05) is 44.2 Å². The highest BCUT2D eigenvalue weighted by Crippen LogP contribution is 2.18. The molecule has 144 valence electrons. The van der Waals surface area contributed by atoms with Crippen LogP contribution in [0, 0.1) is 5.92 Å². The fourth-order valence-electron chi connectivity index (χ4n) is 2.99. The minimum Gasteiger partial charge on any atom is -0.379 e. The molecule has 2 rings (SSSR count). The SMILES string of the molecule is CC(C)C(CNC(=O)C(C)(N)c1ccccc1)N1CCOCC1.Cl.Cl. The number of rotatable bonds is 6. The van der Waals surface area contributed by atoms with Crippen molar-refractivity contribution in [1.29, 1.82) is 0 Å². The summed E-state index contributed by atoms with van der Waals surface area (Å²) in [6, 6.07) is 9.80. The molecule has 1 aromatic carbocycles. The third-order valence-corrected chi connectivity index (χ3v) is 4.60. The van der Waals surface area contributed by atoms with Crippen molar-refractivity contribution in [2.24, 2.45) is 11.7 Å². The van der Waals surface area contributed by atoms with Crippen LogP contribution in [0.2, 0.25) is 0 Å². The summed E-state index contributed by atoms with van der Waals surface area (Å²) in [6.45, 7) is 10.1. The highest BCUT2D eigenvalue weighted by Gasteiger charge is 2.32. The highest BCUT2D eigenvalue weighted by molar-refractivity contribution is 5.87. The van der Waals surface area contributed by atoms with Gasteiger partial charge in [-0.15, -0.1) is 24.8 Å². The van der Waals surface area contributed by atoms with Crippen molar-refractivity contribution < 1.29 is 9.53 Å². The van der Waals surface area contributed by atoms with Crippen LogP contribution in [0.25, 0.3) is 0 Å². The van der Waals surface area contributed by atoms with Gasteiger partial charge < -0.3 is 15.8 Å². The summed E-state index contributed by atoms with van der Waals surface area (Å²) in [6.07, 6.45) is 0. The Morgan fingerprint density at radius 3 is 2.32 bits per heavy atom. The Morgan fingerprint density at radius 1 is 1.24 bits per heavy atom. The Balaban J connectivity index is 0.00000288. The van der Waals surface area contributed by atoms with Crippen LogP contribution in [0.5, 0.6) is 0 Å². The van der Waals surface area contributed by atoms with Crippen molar-refractivity contribution >= 4 is 30.7 Å². The van der Waals surface area contributed by atoms with Crippen molar-refractivity contribution in [2.75, 3.05) is 32.8 Å². The molecular weight excluding hydrogens is 361 g/mol. The number of amides is 1. The van der Waals surface area contributed by atoms with Gasteiger partial charge in [-0.25, -0.2) is 0 Å². The minimum absolute atomic E-state index is 0. The lowest BCUT2D eigenvalue weighted by Crippen LogP contribution is -2.55. The van der Waals surface area contributed by atoms with Crippen molar-refractivity contribution in [1.82, 2.24) is 10.2 Å². The second-order valence-electron chi connectivity index (χ2n) is 6.74. The average Bonchev–Trinajstić information content (AvgIpc) is 2.56. The summed E-state index contributed by atoms with van der Waals surface area (Å²) in [5.74, 6) is 0.316. The van der Waals surface area contributed by atoms with Crippen molar-refractivity contribution in [3.63, 3.8) is 0 Å². The van der Waals surface area contributed by atoms with E-state index in [0.29, 0.717) is 18.5 Å². The first kappa shape index (κ1) is 24.1. The van der Waals surface area contributed by atoms with E-state index in [1.54, 1.807) is 6.92 Å². The monoisotopic (exact) mass is 391 g/mol. The minimum atomic E-state index is -1.02. The molecule has 1 fully saturated rings. The molecule has 0 spiro atoms. The number of nitrogens with zero attached hydrogens (tertiary/aromatic N) is 1. The van der Waals surface area contributed by atoms with E-state index in [-0.39, 0.29) is 30.7 Å². The first-order valence-corrected chi connectivity index (χ1v) is 8.37. The normalized spacial score (nSPS) is 18.4. The number of benzene rings is 1. The first-order valence-electron chi connectivity index (χ1n) is 8.37. The Kier molecular flexibility index (Phi) is 10.6. The molecule has 2 unspecified atom stereocenters. The maximum atomic E-state index is 12.6. The van der Waals surface area contributed by atoms with Crippen LogP contribution in [-0.4, -0.2) is 49.7 Å². The number of nitrogens with two attached hydrogens (primary N) is 1. The lowest BCUT2D eigenvalue weighted by atomic mass is 9.92. The zero-order chi connectivity index (χ0) is 16.9. The van der Waals surface area contributed by atoms with Crippen LogP contribution in [-0.2, 0) is 15.1 Å². The molecule has 1 aromatic rings. The second kappa shape index (κ2) is 11.0. The molecule has 1 aliphatic heterocycles. The number of halogens is 2. The summed E-state index contributed by atoms with van der Waals surface area (Å²) in [5, 5.41) is 3.05. The van der Waals surface area contributed by atoms with Gasteiger partial charge >= 0.3 is 0 Å². The van der Waals surface area contributed by atoms with Crippen LogP contribution >= 0.6 is 24.8 Å². The van der Waals surface area contributed by atoms with Crippen molar-refractivity contribution in [3.05, 3.63) is 35.9 Å². The zero-order valence-corrected chi connectivity index (χ0v) is 16.9. The highest BCUT2D eigenvalue weighted by atomic mass is 35.5. The number of carbonyl (C=O) groups excluding carboxylic acids is 1. The average molecular weight is 392 g/mol. The number of hydrogen-bond acceptors (Lipinski definition) is 4. The van der Waals surface area contributed by atoms with Gasteiger partial charge in [-0.2, -0.15) is 0 Å². The molecule has 0 saturated carbocycles. The van der Waals surface area contributed by atoms with E-state index in [1.807, 2.05) is 30.3 Å². The second-order valence-corrected chi connectivity index (χ2v) is 6.74. The van der Waals surface area contributed by atoms with Crippen LogP contribution < -0.4 is 11.1 Å². The molecule has 3 N–H and O–H groups in total. The molecule has 1 amide bonds. The van der Waals surface area contributed by atoms with Gasteiger partial charge in [-0.3, -0.25) is 9.69 Å². The van der Waals surface area contributed by atoms with Crippen molar-refractivity contribution in [3.8, 4) is 0 Å². The smallest absolute Gasteiger partial charge is 0.244 e. The van der Waals surface area contributed by atoms with Crippen LogP contribution in [0.15, 0.2) is 30.3 Å². The number of nitrogens with one attached hydrogen (secondary N) is 1. The van der Waals surface area contributed by atoms with Gasteiger partial charge in [0.25, 0.3) is 0 Å². The van der Waals surface area contributed by atoms with Crippen LogP contribution in [0.3, 0.4) is 0 Å². The fraction of sp³-hybridized carbons (Fsp3) is 0.611. The maximum Gasteiger partial charge on any atom is 0.244 e. The van der Waals surface area contributed by atoms with E-state index in [1.165, 1.54) is 0 Å². The van der Waals surface area contributed by atoms with E-state index in [2.05, 4.69) is 24.1 Å². The molecule has 0 aliphatic carbocycles. The molecule has 5 nitrogen and oxygen atoms in total. The van der Waals surface area contributed by atoms with E-state index in [0.717, 1.165) is 31.9 Å². The molecule has 0 radical (unpaired) electrons. The third kappa shape index (κ3) is 6.42. The van der Waals surface area contributed by atoms with E-state index < -0.39 is 5.54 Å². The molecule has 1 aliphatic rings. The Morgan fingerprint density at radius 2 is 1.80 bits per heavy atom. The lowest BCUT2D eigenvalue weighted by molar-refractivity contribution is -0.126. The van der Waals surface area contributed by atoms with Gasteiger partial charge in [0.15, 0.2) is 0 Å². The molecule has 0 bridgehead atoms. The maximum absolute atomic E-state index is 12.6. The largest absolute Gasteiger partial charge is 0.379 e. The van der Waals surface area contributed by atoms with Crippen LogP contribution in [0.1, 0.15) is 26.3 Å².